The molecule has 1 aliphatic carbocycles. The summed E-state index contributed by atoms with van der Waals surface area (Å²) in [6.45, 7) is 2.22. The van der Waals surface area contributed by atoms with Gasteiger partial charge >= 0.3 is 5.97 Å². The minimum atomic E-state index is -0.864. The zero-order chi connectivity index (χ0) is 19.3. The lowest BCUT2D eigenvalue weighted by Crippen LogP contribution is -2.26. The molecule has 1 aromatic carbocycles. The fourth-order valence-corrected chi connectivity index (χ4v) is 3.71. The van der Waals surface area contributed by atoms with E-state index in [1.54, 1.807) is 0 Å². The molecule has 0 saturated carbocycles. The van der Waals surface area contributed by atoms with E-state index in [0.29, 0.717) is 12.2 Å². The van der Waals surface area contributed by atoms with Crippen LogP contribution in [0.5, 0.6) is 5.75 Å². The zero-order valence-corrected chi connectivity index (χ0v) is 16.9. The van der Waals surface area contributed by atoms with E-state index in [-0.39, 0.29) is 0 Å². The van der Waals surface area contributed by atoms with Gasteiger partial charge in [0.25, 0.3) is 0 Å². The molecular weight excluding hydrogens is 336 g/mol. The number of hydrogen-bond acceptors (Lipinski definition) is 2. The molecule has 0 fully saturated rings. The maximum atomic E-state index is 11.5. The first-order chi connectivity index (χ1) is 13.2. The first-order valence-corrected chi connectivity index (χ1v) is 10.9. The Morgan fingerprint density at radius 2 is 1.70 bits per heavy atom. The van der Waals surface area contributed by atoms with Gasteiger partial charge in [-0.1, -0.05) is 70.1 Å². The summed E-state index contributed by atoms with van der Waals surface area (Å²) in [6.07, 6.45) is 16.6. The Morgan fingerprint density at radius 1 is 1.00 bits per heavy atom. The number of unbranched alkanes of at least 4 members (excludes halogenated alkanes) is 6. The molecule has 2 rings (SSSR count). The lowest BCUT2D eigenvalue weighted by atomic mass is 10.0. The molecular formula is C24H36O3. The molecule has 0 saturated heterocycles. The largest absolute Gasteiger partial charge is 0.479 e. The van der Waals surface area contributed by atoms with E-state index in [1.165, 1.54) is 62.5 Å². The number of carbonyl (C=O) groups is 1. The molecule has 150 valence electrons. The van der Waals surface area contributed by atoms with E-state index in [4.69, 9.17) is 4.74 Å². The van der Waals surface area contributed by atoms with Crippen LogP contribution in [0.15, 0.2) is 30.3 Å². The fourth-order valence-electron chi connectivity index (χ4n) is 3.71. The number of carboxylic acid groups (broad SMARTS) is 1. The lowest BCUT2D eigenvalue weighted by molar-refractivity contribution is -0.145. The molecule has 27 heavy (non-hydrogen) atoms. The average Bonchev–Trinajstić information content (AvgIpc) is 2.96. The van der Waals surface area contributed by atoms with Crippen LogP contribution in [0.25, 0.3) is 5.57 Å². The smallest absolute Gasteiger partial charge is 0.344 e. The highest BCUT2D eigenvalue weighted by Gasteiger charge is 2.19. The summed E-state index contributed by atoms with van der Waals surface area (Å²) in [7, 11) is 0. The number of benzene rings is 1. The summed E-state index contributed by atoms with van der Waals surface area (Å²) >= 11 is 0. The van der Waals surface area contributed by atoms with Crippen LogP contribution in [0.2, 0.25) is 0 Å². The number of hydrogen-bond donors (Lipinski definition) is 1. The van der Waals surface area contributed by atoms with Crippen LogP contribution in [0, 0.1) is 0 Å². The second-order valence-corrected chi connectivity index (χ2v) is 7.71. The Balaban J connectivity index is 1.79. The number of aliphatic carboxylic acids is 1. The molecule has 3 heteroatoms. The number of allylic oxidation sites excluding steroid dienone is 2. The summed E-state index contributed by atoms with van der Waals surface area (Å²) in [5, 5.41) is 9.46. The van der Waals surface area contributed by atoms with Gasteiger partial charge in [0.05, 0.1) is 0 Å². The predicted molar refractivity (Wildman–Crippen MR) is 112 cm³/mol. The summed E-state index contributed by atoms with van der Waals surface area (Å²) < 4.78 is 5.77. The van der Waals surface area contributed by atoms with Crippen molar-refractivity contribution < 1.29 is 14.6 Å². The first-order valence-electron chi connectivity index (χ1n) is 10.9. The van der Waals surface area contributed by atoms with Gasteiger partial charge < -0.3 is 9.84 Å². The van der Waals surface area contributed by atoms with Crippen molar-refractivity contribution in [3.8, 4) is 5.75 Å². The average molecular weight is 373 g/mol. The van der Waals surface area contributed by atoms with E-state index in [1.807, 2.05) is 12.1 Å². The highest BCUT2D eigenvalue weighted by molar-refractivity contribution is 5.72. The van der Waals surface area contributed by atoms with Crippen molar-refractivity contribution in [1.82, 2.24) is 0 Å². The maximum Gasteiger partial charge on any atom is 0.344 e. The Hall–Kier alpha value is -1.77. The monoisotopic (exact) mass is 372 g/mol. The Morgan fingerprint density at radius 3 is 2.41 bits per heavy atom. The molecule has 0 radical (unpaired) electrons. The van der Waals surface area contributed by atoms with Crippen LogP contribution >= 0.6 is 0 Å². The van der Waals surface area contributed by atoms with Crippen molar-refractivity contribution in [2.24, 2.45) is 0 Å². The molecule has 3 nitrogen and oxygen atoms in total. The molecule has 0 amide bonds. The highest BCUT2D eigenvalue weighted by Crippen LogP contribution is 2.27. The van der Waals surface area contributed by atoms with Gasteiger partial charge in [0.2, 0.25) is 0 Å². The number of carboxylic acids is 1. The van der Waals surface area contributed by atoms with Gasteiger partial charge in [-0.05, 0) is 61.8 Å². The second kappa shape index (κ2) is 12.6. The van der Waals surface area contributed by atoms with Gasteiger partial charge in [-0.3, -0.25) is 0 Å². The number of ether oxygens (including phenoxy) is 1. The molecule has 0 aliphatic heterocycles. The van der Waals surface area contributed by atoms with E-state index >= 15 is 0 Å². The van der Waals surface area contributed by atoms with E-state index in [2.05, 4.69) is 25.1 Å². The number of rotatable bonds is 12. The standard InChI is InChI=1S/C24H36O3/c1-2-3-4-5-6-7-12-15-23(24(25)26)27-22-18-16-21(17-19-22)20-13-10-8-9-11-14-20/h13,16-19,23H,2-12,14-15H2,1H3,(H,25,26). The Kier molecular flexibility index (Phi) is 10.0. The van der Waals surface area contributed by atoms with Gasteiger partial charge in [0.1, 0.15) is 5.75 Å². The molecule has 1 unspecified atom stereocenters. The molecule has 0 spiro atoms. The van der Waals surface area contributed by atoms with Gasteiger partial charge in [0, 0.05) is 0 Å². The minimum Gasteiger partial charge on any atom is -0.479 e. The van der Waals surface area contributed by atoms with E-state index < -0.39 is 12.1 Å². The Bertz CT molecular complexity index is 574. The van der Waals surface area contributed by atoms with Gasteiger partial charge in [-0.25, -0.2) is 4.79 Å². The van der Waals surface area contributed by atoms with Crippen molar-refractivity contribution in [1.29, 1.82) is 0 Å². The first kappa shape index (κ1) is 21.5. The highest BCUT2D eigenvalue weighted by atomic mass is 16.5. The quantitative estimate of drug-likeness (QED) is 0.401. The molecule has 1 atom stereocenters. The third-order valence-electron chi connectivity index (χ3n) is 5.39. The lowest BCUT2D eigenvalue weighted by Gasteiger charge is -2.16. The third-order valence-corrected chi connectivity index (χ3v) is 5.39. The predicted octanol–water partition coefficient (Wildman–Crippen LogP) is 7.01. The SMILES string of the molecule is CCCCCCCCCC(Oc1ccc(C2=CCCCCC2)cc1)C(=O)O. The normalized spacial score (nSPS) is 15.7. The van der Waals surface area contributed by atoms with Crippen molar-refractivity contribution >= 4 is 11.5 Å². The van der Waals surface area contributed by atoms with Crippen LogP contribution < -0.4 is 4.74 Å². The molecule has 0 aromatic heterocycles. The fraction of sp³-hybridized carbons (Fsp3) is 0.625. The van der Waals surface area contributed by atoms with Crippen LogP contribution in [0.3, 0.4) is 0 Å². The minimum absolute atomic E-state index is 0.579. The summed E-state index contributed by atoms with van der Waals surface area (Å²) in [5.74, 6) is -0.208. The van der Waals surface area contributed by atoms with Crippen molar-refractivity contribution in [3.05, 3.63) is 35.9 Å². The van der Waals surface area contributed by atoms with Crippen LogP contribution in [-0.2, 0) is 4.79 Å². The zero-order valence-electron chi connectivity index (χ0n) is 16.9. The summed E-state index contributed by atoms with van der Waals surface area (Å²) in [5.41, 5.74) is 2.65. The third kappa shape index (κ3) is 8.19. The molecule has 1 aromatic rings. The van der Waals surface area contributed by atoms with Crippen molar-refractivity contribution in [2.45, 2.75) is 96.5 Å². The van der Waals surface area contributed by atoms with Crippen molar-refractivity contribution in [2.75, 3.05) is 0 Å². The van der Waals surface area contributed by atoms with E-state index in [0.717, 1.165) is 25.7 Å². The second-order valence-electron chi connectivity index (χ2n) is 7.71. The molecule has 1 N–H and O–H groups in total. The van der Waals surface area contributed by atoms with Gasteiger partial charge in [-0.2, -0.15) is 0 Å². The van der Waals surface area contributed by atoms with Gasteiger partial charge in [-0.15, -0.1) is 0 Å². The maximum absolute atomic E-state index is 11.5. The van der Waals surface area contributed by atoms with Crippen LogP contribution in [0.4, 0.5) is 0 Å². The summed E-state index contributed by atoms with van der Waals surface area (Å²) in [6, 6.07) is 7.97. The van der Waals surface area contributed by atoms with Crippen molar-refractivity contribution in [3.63, 3.8) is 0 Å². The molecule has 0 bridgehead atoms. The van der Waals surface area contributed by atoms with Crippen LogP contribution in [-0.4, -0.2) is 17.2 Å². The molecule has 0 heterocycles. The van der Waals surface area contributed by atoms with E-state index in [9.17, 15) is 9.90 Å². The molecule has 1 aliphatic rings. The van der Waals surface area contributed by atoms with Crippen LogP contribution in [0.1, 0.15) is 96.0 Å². The Labute approximate surface area is 164 Å². The van der Waals surface area contributed by atoms with Gasteiger partial charge in [0.15, 0.2) is 6.10 Å². The summed E-state index contributed by atoms with van der Waals surface area (Å²) in [4.78, 5) is 11.5. The topological polar surface area (TPSA) is 46.5 Å².